The van der Waals surface area contributed by atoms with Gasteiger partial charge in [0.25, 0.3) is 0 Å². The highest BCUT2D eigenvalue weighted by Crippen LogP contribution is 1.87. The fourth-order valence-corrected chi connectivity index (χ4v) is 0.707. The molecule has 0 aliphatic carbocycles. The topological polar surface area (TPSA) is 69.6 Å². The predicted molar refractivity (Wildman–Crippen MR) is 48.4 cm³/mol. The number of aliphatic carboxylic acids is 1. The Morgan fingerprint density at radius 1 is 1.46 bits per heavy atom. The normalized spacial score (nSPS) is 12.2. The number of rotatable bonds is 5. The minimum absolute atomic E-state index is 0.00918. The van der Waals surface area contributed by atoms with Gasteiger partial charge in [-0.05, 0) is 6.92 Å². The molecule has 13 heavy (non-hydrogen) atoms. The summed E-state index contributed by atoms with van der Waals surface area (Å²) < 4.78 is 0. The van der Waals surface area contributed by atoms with Gasteiger partial charge >= 0.3 is 5.97 Å². The van der Waals surface area contributed by atoms with Crippen molar-refractivity contribution < 1.29 is 14.7 Å². The number of nitrogens with one attached hydrogen (secondary N) is 1. The van der Waals surface area contributed by atoms with Crippen molar-refractivity contribution in [2.24, 2.45) is 0 Å². The van der Waals surface area contributed by atoms with Crippen molar-refractivity contribution >= 4 is 11.9 Å². The van der Waals surface area contributed by atoms with Gasteiger partial charge in [0.1, 0.15) is 6.04 Å². The summed E-state index contributed by atoms with van der Waals surface area (Å²) in [7, 11) is 3.34. The van der Waals surface area contributed by atoms with Gasteiger partial charge in [0.05, 0.1) is 0 Å². The Balaban J connectivity index is 3.56. The van der Waals surface area contributed by atoms with E-state index in [2.05, 4.69) is 5.32 Å². The van der Waals surface area contributed by atoms with E-state index in [0.29, 0.717) is 13.0 Å². The molecule has 0 aromatic carbocycles. The van der Waals surface area contributed by atoms with Crippen molar-refractivity contribution in [2.45, 2.75) is 19.4 Å². The Bertz CT molecular complexity index is 192. The van der Waals surface area contributed by atoms with Crippen molar-refractivity contribution in [1.82, 2.24) is 10.2 Å². The molecule has 76 valence electrons. The highest BCUT2D eigenvalue weighted by Gasteiger charge is 2.10. The van der Waals surface area contributed by atoms with Crippen LogP contribution in [0.3, 0.4) is 0 Å². The zero-order valence-electron chi connectivity index (χ0n) is 8.20. The summed E-state index contributed by atoms with van der Waals surface area (Å²) in [6.07, 6.45) is 0.324. The molecular formula is C8H16N2O3. The zero-order valence-corrected chi connectivity index (χ0v) is 8.20. The van der Waals surface area contributed by atoms with Gasteiger partial charge in [-0.2, -0.15) is 0 Å². The van der Waals surface area contributed by atoms with Gasteiger partial charge in [-0.1, -0.05) is 0 Å². The molecule has 0 rings (SSSR count). The summed E-state index contributed by atoms with van der Waals surface area (Å²) in [5, 5.41) is 11.2. The average molecular weight is 188 g/mol. The number of carbonyl (C=O) groups excluding carboxylic acids is 1. The Kier molecular flexibility index (Phi) is 5.06. The quantitative estimate of drug-likeness (QED) is 0.612. The van der Waals surface area contributed by atoms with E-state index in [1.807, 2.05) is 0 Å². The lowest BCUT2D eigenvalue weighted by molar-refractivity contribution is -0.139. The summed E-state index contributed by atoms with van der Waals surface area (Å²) in [4.78, 5) is 22.9. The van der Waals surface area contributed by atoms with Crippen molar-refractivity contribution in [3.63, 3.8) is 0 Å². The number of carbonyl (C=O) groups is 2. The second-order valence-electron chi connectivity index (χ2n) is 3.05. The Morgan fingerprint density at radius 2 is 2.00 bits per heavy atom. The van der Waals surface area contributed by atoms with E-state index >= 15 is 0 Å². The minimum atomic E-state index is -0.905. The van der Waals surface area contributed by atoms with Crippen LogP contribution < -0.4 is 5.32 Å². The maximum atomic E-state index is 11.0. The van der Waals surface area contributed by atoms with E-state index < -0.39 is 12.0 Å². The number of amides is 1. The molecule has 1 atom stereocenters. The molecule has 1 amide bonds. The van der Waals surface area contributed by atoms with Crippen LogP contribution in [0.2, 0.25) is 0 Å². The third kappa shape index (κ3) is 5.19. The van der Waals surface area contributed by atoms with Crippen molar-refractivity contribution in [1.29, 1.82) is 0 Å². The Labute approximate surface area is 77.7 Å². The first-order valence-corrected chi connectivity index (χ1v) is 4.11. The number of hydrogen-bond donors (Lipinski definition) is 2. The number of carboxylic acid groups (broad SMARTS) is 1. The van der Waals surface area contributed by atoms with E-state index in [1.54, 1.807) is 21.0 Å². The second kappa shape index (κ2) is 5.53. The molecule has 0 spiro atoms. The molecule has 0 bridgehead atoms. The predicted octanol–water partition coefficient (Wildman–Crippen LogP) is -0.473. The molecule has 0 saturated heterocycles. The van der Waals surface area contributed by atoms with Crippen molar-refractivity contribution in [3.8, 4) is 0 Å². The first-order chi connectivity index (χ1) is 5.95. The molecule has 0 radical (unpaired) electrons. The van der Waals surface area contributed by atoms with Gasteiger partial charge in [0.15, 0.2) is 0 Å². The standard InChI is InChI=1S/C8H16N2O3/c1-6(8(12)13)9-5-4-7(11)10(2)3/h6,9H,4-5H2,1-3H3,(H,12,13)/t6-/m1/s1. The third-order valence-electron chi connectivity index (χ3n) is 1.66. The molecule has 2 N–H and O–H groups in total. The molecule has 0 fully saturated rings. The van der Waals surface area contributed by atoms with Gasteiger partial charge in [-0.15, -0.1) is 0 Å². The van der Waals surface area contributed by atoms with Gasteiger partial charge in [-0.3, -0.25) is 9.59 Å². The summed E-state index contributed by atoms with van der Waals surface area (Å²) in [5.41, 5.74) is 0. The molecule has 0 aliphatic heterocycles. The van der Waals surface area contributed by atoms with Crippen LogP contribution in [-0.2, 0) is 9.59 Å². The Hall–Kier alpha value is -1.10. The molecular weight excluding hydrogens is 172 g/mol. The van der Waals surface area contributed by atoms with E-state index in [4.69, 9.17) is 5.11 Å². The maximum absolute atomic E-state index is 11.0. The lowest BCUT2D eigenvalue weighted by Crippen LogP contribution is -2.36. The molecule has 0 heterocycles. The van der Waals surface area contributed by atoms with E-state index in [-0.39, 0.29) is 5.91 Å². The highest BCUT2D eigenvalue weighted by atomic mass is 16.4. The van der Waals surface area contributed by atoms with E-state index in [0.717, 1.165) is 0 Å². The fourth-order valence-electron chi connectivity index (χ4n) is 0.707. The van der Waals surface area contributed by atoms with Gasteiger partial charge in [-0.25, -0.2) is 0 Å². The molecule has 0 saturated carbocycles. The molecule has 0 aromatic heterocycles. The second-order valence-corrected chi connectivity index (χ2v) is 3.05. The largest absolute Gasteiger partial charge is 0.480 e. The van der Waals surface area contributed by atoms with E-state index in [9.17, 15) is 9.59 Å². The fraction of sp³-hybridized carbons (Fsp3) is 0.750. The van der Waals surface area contributed by atoms with Crippen LogP contribution in [0.5, 0.6) is 0 Å². The van der Waals surface area contributed by atoms with Gasteiger partial charge in [0, 0.05) is 27.1 Å². The highest BCUT2D eigenvalue weighted by molar-refractivity contribution is 5.76. The van der Waals surface area contributed by atoms with Crippen molar-refractivity contribution in [2.75, 3.05) is 20.6 Å². The smallest absolute Gasteiger partial charge is 0.320 e. The Morgan fingerprint density at radius 3 is 2.38 bits per heavy atom. The molecule has 0 unspecified atom stereocenters. The van der Waals surface area contributed by atoms with Crippen LogP contribution in [0.1, 0.15) is 13.3 Å². The first kappa shape index (κ1) is 11.9. The van der Waals surface area contributed by atoms with Crippen LogP contribution in [0.4, 0.5) is 0 Å². The summed E-state index contributed by atoms with van der Waals surface area (Å²) in [6, 6.07) is -0.602. The molecule has 0 aromatic rings. The zero-order chi connectivity index (χ0) is 10.4. The average Bonchev–Trinajstić information content (AvgIpc) is 2.03. The number of nitrogens with zero attached hydrogens (tertiary/aromatic N) is 1. The van der Waals surface area contributed by atoms with Crippen LogP contribution in [-0.4, -0.2) is 48.6 Å². The number of carboxylic acids is 1. The summed E-state index contributed by atoms with van der Waals surface area (Å²) in [5.74, 6) is -0.914. The molecule has 0 aliphatic rings. The van der Waals surface area contributed by atoms with Crippen LogP contribution in [0.15, 0.2) is 0 Å². The molecule has 5 heteroatoms. The van der Waals surface area contributed by atoms with Crippen molar-refractivity contribution in [3.05, 3.63) is 0 Å². The summed E-state index contributed by atoms with van der Waals surface area (Å²) >= 11 is 0. The van der Waals surface area contributed by atoms with Crippen LogP contribution in [0.25, 0.3) is 0 Å². The maximum Gasteiger partial charge on any atom is 0.320 e. The lowest BCUT2D eigenvalue weighted by Gasteiger charge is -2.12. The molecule has 5 nitrogen and oxygen atoms in total. The van der Waals surface area contributed by atoms with Crippen LogP contribution >= 0.6 is 0 Å². The number of hydrogen-bond acceptors (Lipinski definition) is 3. The first-order valence-electron chi connectivity index (χ1n) is 4.11. The van der Waals surface area contributed by atoms with E-state index in [1.165, 1.54) is 4.90 Å². The van der Waals surface area contributed by atoms with Gasteiger partial charge < -0.3 is 15.3 Å². The summed E-state index contributed by atoms with van der Waals surface area (Å²) in [6.45, 7) is 1.94. The third-order valence-corrected chi connectivity index (χ3v) is 1.66. The minimum Gasteiger partial charge on any atom is -0.480 e. The lowest BCUT2D eigenvalue weighted by atomic mass is 10.3. The van der Waals surface area contributed by atoms with Crippen LogP contribution in [0, 0.1) is 0 Å². The van der Waals surface area contributed by atoms with Gasteiger partial charge in [0.2, 0.25) is 5.91 Å². The SMILES string of the molecule is C[C@@H](NCCC(=O)N(C)C)C(=O)O. The monoisotopic (exact) mass is 188 g/mol.